The predicted molar refractivity (Wildman–Crippen MR) is 101 cm³/mol. The van der Waals surface area contributed by atoms with Gasteiger partial charge in [-0.15, -0.1) is 0 Å². The standard InChI is InChI=1S/C18H21N5O3/c1-4-21(5-2)14-12-15(22(6-3)13-10-8-7-9-11-13)18(23(24)25)17-16(14)19-26-20-17/h7-12H,4-6H2,1-3H3. The first-order valence-electron chi connectivity index (χ1n) is 8.63. The van der Waals surface area contributed by atoms with Gasteiger partial charge in [-0.1, -0.05) is 18.2 Å². The molecule has 0 bridgehead atoms. The van der Waals surface area contributed by atoms with Gasteiger partial charge in [0.05, 0.1) is 10.6 Å². The van der Waals surface area contributed by atoms with Crippen LogP contribution in [0.3, 0.4) is 0 Å². The topological polar surface area (TPSA) is 88.5 Å². The van der Waals surface area contributed by atoms with Gasteiger partial charge in [0.15, 0.2) is 5.52 Å². The van der Waals surface area contributed by atoms with E-state index >= 15 is 0 Å². The molecule has 136 valence electrons. The number of hydrogen-bond donors (Lipinski definition) is 0. The zero-order valence-electron chi connectivity index (χ0n) is 15.0. The molecule has 26 heavy (non-hydrogen) atoms. The van der Waals surface area contributed by atoms with Crippen molar-refractivity contribution in [1.82, 2.24) is 10.3 Å². The molecule has 0 atom stereocenters. The fourth-order valence-corrected chi connectivity index (χ4v) is 3.19. The van der Waals surface area contributed by atoms with Crippen molar-refractivity contribution >= 4 is 33.8 Å². The van der Waals surface area contributed by atoms with E-state index in [1.807, 2.05) is 62.1 Å². The largest absolute Gasteiger partial charge is 0.370 e. The van der Waals surface area contributed by atoms with Gasteiger partial charge in [0.1, 0.15) is 5.69 Å². The third kappa shape index (κ3) is 2.94. The molecule has 3 aromatic rings. The number of nitro groups is 1. The van der Waals surface area contributed by atoms with Gasteiger partial charge in [-0.25, -0.2) is 4.63 Å². The maximum absolute atomic E-state index is 11.9. The Morgan fingerprint density at radius 2 is 1.65 bits per heavy atom. The summed E-state index contributed by atoms with van der Waals surface area (Å²) in [5.41, 5.74) is 2.62. The monoisotopic (exact) mass is 355 g/mol. The van der Waals surface area contributed by atoms with E-state index in [0.29, 0.717) is 17.7 Å². The molecule has 8 heteroatoms. The highest BCUT2D eigenvalue weighted by Crippen LogP contribution is 2.42. The molecule has 0 saturated carbocycles. The van der Waals surface area contributed by atoms with Crippen LogP contribution in [0.25, 0.3) is 11.0 Å². The Kier molecular flexibility index (Phi) is 5.01. The first-order chi connectivity index (χ1) is 12.6. The van der Waals surface area contributed by atoms with Gasteiger partial charge in [-0.2, -0.15) is 0 Å². The number of benzene rings is 2. The number of nitrogens with zero attached hydrogens (tertiary/aromatic N) is 5. The Morgan fingerprint density at radius 3 is 2.23 bits per heavy atom. The highest BCUT2D eigenvalue weighted by Gasteiger charge is 2.30. The SMILES string of the molecule is CCN(CC)c1cc(N(CC)c2ccccc2)c([N+](=O)[O-])c2nonc12. The molecule has 0 saturated heterocycles. The second-order valence-electron chi connectivity index (χ2n) is 5.73. The molecular weight excluding hydrogens is 334 g/mol. The Balaban J connectivity index is 2.32. The molecule has 1 aromatic heterocycles. The summed E-state index contributed by atoms with van der Waals surface area (Å²) in [5.74, 6) is 0. The van der Waals surface area contributed by atoms with Crippen LogP contribution in [-0.2, 0) is 0 Å². The van der Waals surface area contributed by atoms with Crippen molar-refractivity contribution in [2.24, 2.45) is 0 Å². The van der Waals surface area contributed by atoms with Crippen LogP contribution in [0, 0.1) is 10.1 Å². The van der Waals surface area contributed by atoms with Gasteiger partial charge in [0.25, 0.3) is 0 Å². The van der Waals surface area contributed by atoms with E-state index in [0.717, 1.165) is 24.5 Å². The second kappa shape index (κ2) is 7.38. The number of fused-ring (bicyclic) bond motifs is 1. The van der Waals surface area contributed by atoms with Gasteiger partial charge >= 0.3 is 5.69 Å². The molecule has 0 aliphatic rings. The lowest BCUT2D eigenvalue weighted by Crippen LogP contribution is -2.24. The molecule has 0 aliphatic carbocycles. The summed E-state index contributed by atoms with van der Waals surface area (Å²) in [6.45, 7) is 8.07. The molecule has 2 aromatic carbocycles. The molecule has 0 aliphatic heterocycles. The zero-order valence-corrected chi connectivity index (χ0v) is 15.0. The number of nitro benzene ring substituents is 1. The molecule has 0 radical (unpaired) electrons. The minimum atomic E-state index is -0.417. The van der Waals surface area contributed by atoms with Crippen LogP contribution in [0.1, 0.15) is 20.8 Å². The zero-order chi connectivity index (χ0) is 18.7. The predicted octanol–water partition coefficient (Wildman–Crippen LogP) is 4.14. The molecule has 1 heterocycles. The van der Waals surface area contributed by atoms with Crippen molar-refractivity contribution in [2.75, 3.05) is 29.4 Å². The second-order valence-corrected chi connectivity index (χ2v) is 5.73. The fourth-order valence-electron chi connectivity index (χ4n) is 3.19. The van der Waals surface area contributed by atoms with Crippen LogP contribution in [0.15, 0.2) is 41.0 Å². The van der Waals surface area contributed by atoms with Crippen LogP contribution in [0.2, 0.25) is 0 Å². The third-order valence-corrected chi connectivity index (χ3v) is 4.43. The number of aromatic nitrogens is 2. The summed E-state index contributed by atoms with van der Waals surface area (Å²) < 4.78 is 4.86. The van der Waals surface area contributed by atoms with Crippen molar-refractivity contribution in [3.8, 4) is 0 Å². The van der Waals surface area contributed by atoms with E-state index in [2.05, 4.69) is 15.2 Å². The molecule has 0 spiro atoms. The van der Waals surface area contributed by atoms with Crippen molar-refractivity contribution in [3.63, 3.8) is 0 Å². The first kappa shape index (κ1) is 17.7. The van der Waals surface area contributed by atoms with Crippen molar-refractivity contribution < 1.29 is 9.55 Å². The summed E-state index contributed by atoms with van der Waals surface area (Å²) in [5, 5.41) is 19.6. The fraction of sp³-hybridized carbons (Fsp3) is 0.333. The Bertz CT molecular complexity index is 906. The molecule has 8 nitrogen and oxygen atoms in total. The van der Waals surface area contributed by atoms with E-state index in [1.54, 1.807) is 0 Å². The quantitative estimate of drug-likeness (QED) is 0.465. The van der Waals surface area contributed by atoms with Gasteiger partial charge in [0.2, 0.25) is 5.52 Å². The molecule has 3 rings (SSSR count). The van der Waals surface area contributed by atoms with Gasteiger partial charge in [-0.3, -0.25) is 10.1 Å². The summed E-state index contributed by atoms with van der Waals surface area (Å²) in [4.78, 5) is 15.4. The van der Waals surface area contributed by atoms with Crippen molar-refractivity contribution in [3.05, 3.63) is 46.5 Å². The van der Waals surface area contributed by atoms with Crippen LogP contribution in [-0.4, -0.2) is 34.9 Å². The summed E-state index contributed by atoms with van der Waals surface area (Å²) in [6.07, 6.45) is 0. The minimum Gasteiger partial charge on any atom is -0.370 e. The van der Waals surface area contributed by atoms with E-state index in [-0.39, 0.29) is 11.2 Å². The molecule has 0 N–H and O–H groups in total. The highest BCUT2D eigenvalue weighted by atomic mass is 16.6. The van der Waals surface area contributed by atoms with E-state index in [9.17, 15) is 10.1 Å². The Labute approximate surface area is 151 Å². The van der Waals surface area contributed by atoms with Gasteiger partial charge < -0.3 is 9.80 Å². The maximum atomic E-state index is 11.9. The first-order valence-corrected chi connectivity index (χ1v) is 8.63. The van der Waals surface area contributed by atoms with E-state index in [1.165, 1.54) is 0 Å². The summed E-state index contributed by atoms with van der Waals surface area (Å²) in [7, 11) is 0. The van der Waals surface area contributed by atoms with Crippen LogP contribution < -0.4 is 9.80 Å². The number of anilines is 3. The van der Waals surface area contributed by atoms with Crippen LogP contribution in [0.5, 0.6) is 0 Å². The lowest BCUT2D eigenvalue weighted by atomic mass is 10.1. The minimum absolute atomic E-state index is 0.0946. The smallest absolute Gasteiger partial charge is 0.324 e. The van der Waals surface area contributed by atoms with Gasteiger partial charge in [-0.05, 0) is 49.3 Å². The average molecular weight is 355 g/mol. The summed E-state index contributed by atoms with van der Waals surface area (Å²) in [6, 6.07) is 11.4. The molecule has 0 amide bonds. The van der Waals surface area contributed by atoms with Gasteiger partial charge in [0, 0.05) is 25.3 Å². The average Bonchev–Trinajstić information content (AvgIpc) is 3.13. The molecule has 0 fully saturated rings. The van der Waals surface area contributed by atoms with Crippen molar-refractivity contribution in [2.45, 2.75) is 20.8 Å². The molecular formula is C18H21N5O3. The lowest BCUT2D eigenvalue weighted by molar-refractivity contribution is -0.382. The van der Waals surface area contributed by atoms with E-state index < -0.39 is 4.92 Å². The Morgan fingerprint density at radius 1 is 1.00 bits per heavy atom. The lowest BCUT2D eigenvalue weighted by Gasteiger charge is -2.26. The number of rotatable bonds is 7. The van der Waals surface area contributed by atoms with E-state index in [4.69, 9.17) is 4.63 Å². The maximum Gasteiger partial charge on any atom is 0.324 e. The summed E-state index contributed by atoms with van der Waals surface area (Å²) >= 11 is 0. The van der Waals surface area contributed by atoms with Crippen LogP contribution >= 0.6 is 0 Å². The number of para-hydroxylation sites is 1. The highest BCUT2D eigenvalue weighted by molar-refractivity contribution is 6.01. The molecule has 0 unspecified atom stereocenters. The Hall–Kier alpha value is -3.16. The van der Waals surface area contributed by atoms with Crippen molar-refractivity contribution in [1.29, 1.82) is 0 Å². The normalized spacial score (nSPS) is 10.9. The van der Waals surface area contributed by atoms with Crippen LogP contribution in [0.4, 0.5) is 22.7 Å². The number of hydrogen-bond acceptors (Lipinski definition) is 7. The third-order valence-electron chi connectivity index (χ3n) is 4.43.